The molecular weight excluding hydrogens is 264 g/mol. The maximum absolute atomic E-state index is 5.71. The summed E-state index contributed by atoms with van der Waals surface area (Å²) in [5.74, 6) is 0.387. The van der Waals surface area contributed by atoms with E-state index in [0.717, 1.165) is 17.9 Å². The number of benzene rings is 1. The van der Waals surface area contributed by atoms with Crippen molar-refractivity contribution < 1.29 is 4.74 Å². The van der Waals surface area contributed by atoms with Crippen molar-refractivity contribution in [3.8, 4) is 5.69 Å². The van der Waals surface area contributed by atoms with Crippen LogP contribution in [0.4, 0.5) is 0 Å². The number of ether oxygens (including phenoxy) is 1. The number of aromatic nitrogens is 3. The summed E-state index contributed by atoms with van der Waals surface area (Å²) in [6, 6.07) is 10.1. The summed E-state index contributed by atoms with van der Waals surface area (Å²) in [6.45, 7) is 7.28. The van der Waals surface area contributed by atoms with Gasteiger partial charge in [-0.25, -0.2) is 4.68 Å². The topological polar surface area (TPSA) is 52.0 Å². The van der Waals surface area contributed by atoms with Crippen LogP contribution in [0.25, 0.3) is 5.69 Å². The van der Waals surface area contributed by atoms with Gasteiger partial charge in [-0.05, 0) is 24.6 Å². The third-order valence-corrected chi connectivity index (χ3v) is 3.58. The highest BCUT2D eigenvalue weighted by Gasteiger charge is 2.28. The van der Waals surface area contributed by atoms with Crippen LogP contribution in [-0.4, -0.2) is 34.8 Å². The molecule has 0 saturated carbocycles. The lowest BCUT2D eigenvalue weighted by Crippen LogP contribution is -2.37. The number of methoxy groups -OCH3 is 1. The number of hydrogen-bond acceptors (Lipinski definition) is 4. The molecule has 0 aliphatic heterocycles. The summed E-state index contributed by atoms with van der Waals surface area (Å²) >= 11 is 0. The minimum absolute atomic E-state index is 0.0511. The van der Waals surface area contributed by atoms with E-state index in [1.54, 1.807) is 7.11 Å². The van der Waals surface area contributed by atoms with E-state index in [-0.39, 0.29) is 12.1 Å². The van der Waals surface area contributed by atoms with E-state index in [9.17, 15) is 0 Å². The number of hydrogen-bond donors (Lipinski definition) is 1. The molecule has 2 atom stereocenters. The molecule has 0 radical (unpaired) electrons. The van der Waals surface area contributed by atoms with Crippen molar-refractivity contribution >= 4 is 0 Å². The monoisotopic (exact) mass is 288 g/mol. The standard InChI is InChI=1S/C16H24N4O/c1-5-17-15(16(21-4)12(2)3)14-11-18-19-20(14)13-9-7-6-8-10-13/h6-12,15-17H,5H2,1-4H3. The van der Waals surface area contributed by atoms with Gasteiger partial charge in [0, 0.05) is 7.11 Å². The Morgan fingerprint density at radius 3 is 2.52 bits per heavy atom. The Bertz CT molecular complexity index is 538. The van der Waals surface area contributed by atoms with E-state index in [4.69, 9.17) is 4.74 Å². The summed E-state index contributed by atoms with van der Waals surface area (Å²) < 4.78 is 7.59. The second kappa shape index (κ2) is 7.33. The number of rotatable bonds is 7. The molecule has 0 aliphatic rings. The number of nitrogens with zero attached hydrogens (tertiary/aromatic N) is 3. The maximum Gasteiger partial charge on any atom is 0.0841 e. The fraction of sp³-hybridized carbons (Fsp3) is 0.500. The van der Waals surface area contributed by atoms with Crippen molar-refractivity contribution in [1.29, 1.82) is 0 Å². The van der Waals surface area contributed by atoms with Gasteiger partial charge in [-0.1, -0.05) is 44.2 Å². The van der Waals surface area contributed by atoms with E-state index in [1.807, 2.05) is 41.2 Å². The quantitative estimate of drug-likeness (QED) is 0.851. The molecule has 1 N–H and O–H groups in total. The Labute approximate surface area is 126 Å². The van der Waals surface area contributed by atoms with E-state index in [2.05, 4.69) is 36.4 Å². The molecule has 1 heterocycles. The van der Waals surface area contributed by atoms with Crippen LogP contribution in [0.5, 0.6) is 0 Å². The van der Waals surface area contributed by atoms with E-state index >= 15 is 0 Å². The fourth-order valence-electron chi connectivity index (χ4n) is 2.63. The van der Waals surface area contributed by atoms with E-state index < -0.39 is 0 Å². The molecule has 1 aromatic heterocycles. The summed E-state index contributed by atoms with van der Waals surface area (Å²) in [7, 11) is 1.76. The largest absolute Gasteiger partial charge is 0.379 e. The molecule has 0 aliphatic carbocycles. The van der Waals surface area contributed by atoms with Gasteiger partial charge < -0.3 is 10.1 Å². The Balaban J connectivity index is 2.40. The first-order chi connectivity index (χ1) is 10.2. The van der Waals surface area contributed by atoms with Crippen LogP contribution in [0.2, 0.25) is 0 Å². The van der Waals surface area contributed by atoms with Crippen molar-refractivity contribution in [1.82, 2.24) is 20.3 Å². The van der Waals surface area contributed by atoms with Crippen molar-refractivity contribution in [2.24, 2.45) is 5.92 Å². The van der Waals surface area contributed by atoms with Gasteiger partial charge in [0.2, 0.25) is 0 Å². The summed E-state index contributed by atoms with van der Waals surface area (Å²) in [5.41, 5.74) is 2.02. The Morgan fingerprint density at radius 1 is 1.24 bits per heavy atom. The smallest absolute Gasteiger partial charge is 0.0841 e. The molecule has 21 heavy (non-hydrogen) atoms. The lowest BCUT2D eigenvalue weighted by molar-refractivity contribution is 0.0312. The van der Waals surface area contributed by atoms with Gasteiger partial charge in [0.15, 0.2) is 0 Å². The molecule has 5 heteroatoms. The zero-order valence-electron chi connectivity index (χ0n) is 13.2. The van der Waals surface area contributed by atoms with Gasteiger partial charge in [-0.15, -0.1) is 5.10 Å². The van der Waals surface area contributed by atoms with Crippen LogP contribution in [0.3, 0.4) is 0 Å². The van der Waals surface area contributed by atoms with Gasteiger partial charge in [0.25, 0.3) is 0 Å². The molecule has 114 valence electrons. The summed E-state index contributed by atoms with van der Waals surface area (Å²) in [6.07, 6.45) is 1.88. The molecule has 0 fully saturated rings. The van der Waals surface area contributed by atoms with Gasteiger partial charge in [-0.3, -0.25) is 0 Å². The van der Waals surface area contributed by atoms with Gasteiger partial charge >= 0.3 is 0 Å². The molecule has 2 unspecified atom stereocenters. The first-order valence-electron chi connectivity index (χ1n) is 7.41. The molecule has 0 amide bonds. The molecule has 0 spiro atoms. The van der Waals surface area contributed by atoms with Crippen LogP contribution >= 0.6 is 0 Å². The molecule has 0 bridgehead atoms. The third kappa shape index (κ3) is 3.49. The van der Waals surface area contributed by atoms with Crippen LogP contribution in [0.15, 0.2) is 36.5 Å². The maximum atomic E-state index is 5.71. The van der Waals surface area contributed by atoms with Gasteiger partial charge in [-0.2, -0.15) is 0 Å². The molecule has 2 aromatic rings. The second-order valence-corrected chi connectivity index (χ2v) is 5.39. The zero-order valence-corrected chi connectivity index (χ0v) is 13.2. The number of para-hydroxylation sites is 1. The van der Waals surface area contributed by atoms with Crippen LogP contribution < -0.4 is 5.32 Å². The third-order valence-electron chi connectivity index (χ3n) is 3.58. The Kier molecular flexibility index (Phi) is 5.47. The van der Waals surface area contributed by atoms with Crippen molar-refractivity contribution in [2.45, 2.75) is 32.9 Å². The number of likely N-dealkylation sites (N-methyl/N-ethyl adjacent to an activating group) is 1. The van der Waals surface area contributed by atoms with Crippen LogP contribution in [0, 0.1) is 5.92 Å². The summed E-state index contributed by atoms with van der Waals surface area (Å²) in [4.78, 5) is 0. The zero-order chi connectivity index (χ0) is 15.2. The molecule has 5 nitrogen and oxygen atoms in total. The first-order valence-corrected chi connectivity index (χ1v) is 7.41. The normalized spacial score (nSPS) is 14.3. The Hall–Kier alpha value is -1.72. The average Bonchev–Trinajstić information content (AvgIpc) is 2.97. The predicted octanol–water partition coefficient (Wildman–Crippen LogP) is 2.59. The van der Waals surface area contributed by atoms with Crippen LogP contribution in [-0.2, 0) is 4.74 Å². The van der Waals surface area contributed by atoms with Gasteiger partial charge in [0.1, 0.15) is 0 Å². The SMILES string of the molecule is CCNC(c1cnnn1-c1ccccc1)C(OC)C(C)C. The molecule has 0 saturated heterocycles. The fourth-order valence-corrected chi connectivity index (χ4v) is 2.63. The minimum atomic E-state index is 0.0511. The van der Waals surface area contributed by atoms with Crippen molar-refractivity contribution in [3.05, 3.63) is 42.2 Å². The molecular formula is C16H24N4O. The summed E-state index contributed by atoms with van der Waals surface area (Å²) in [5, 5.41) is 11.8. The molecule has 1 aromatic carbocycles. The minimum Gasteiger partial charge on any atom is -0.379 e. The highest BCUT2D eigenvalue weighted by Crippen LogP contribution is 2.25. The lowest BCUT2D eigenvalue weighted by Gasteiger charge is -2.29. The van der Waals surface area contributed by atoms with Crippen LogP contribution in [0.1, 0.15) is 32.5 Å². The van der Waals surface area contributed by atoms with Crippen molar-refractivity contribution in [2.75, 3.05) is 13.7 Å². The highest BCUT2D eigenvalue weighted by molar-refractivity contribution is 5.32. The number of nitrogens with one attached hydrogen (secondary N) is 1. The van der Waals surface area contributed by atoms with Crippen molar-refractivity contribution in [3.63, 3.8) is 0 Å². The Morgan fingerprint density at radius 2 is 1.95 bits per heavy atom. The molecule has 2 rings (SSSR count). The van der Waals surface area contributed by atoms with Gasteiger partial charge in [0.05, 0.1) is 29.7 Å². The second-order valence-electron chi connectivity index (χ2n) is 5.39. The first kappa shape index (κ1) is 15.7. The lowest BCUT2D eigenvalue weighted by atomic mass is 9.97. The van der Waals surface area contributed by atoms with E-state index in [1.165, 1.54) is 0 Å². The van der Waals surface area contributed by atoms with E-state index in [0.29, 0.717) is 5.92 Å². The average molecular weight is 288 g/mol. The highest BCUT2D eigenvalue weighted by atomic mass is 16.5. The predicted molar refractivity (Wildman–Crippen MR) is 83.4 cm³/mol.